The van der Waals surface area contributed by atoms with E-state index in [1.54, 1.807) is 12.1 Å². The zero-order valence-corrected chi connectivity index (χ0v) is 15.9. The Kier molecular flexibility index (Phi) is 6.68. The second kappa shape index (κ2) is 9.60. The summed E-state index contributed by atoms with van der Waals surface area (Å²) in [4.78, 5) is 16.5. The summed E-state index contributed by atoms with van der Waals surface area (Å²) in [6, 6.07) is 12.7. The quantitative estimate of drug-likeness (QED) is 0.793. The normalized spacial score (nSPS) is 18.6. The molecule has 1 aliphatic rings. The Hall–Kier alpha value is -3.27. The van der Waals surface area contributed by atoms with Crippen molar-refractivity contribution >= 4 is 11.7 Å². The first-order valence-electron chi connectivity index (χ1n) is 9.50. The predicted molar refractivity (Wildman–Crippen MR) is 105 cm³/mol. The summed E-state index contributed by atoms with van der Waals surface area (Å²) in [5.74, 6) is 1.19. The van der Waals surface area contributed by atoms with Crippen LogP contribution in [0.1, 0.15) is 38.2 Å². The molecule has 1 aromatic heterocycles. The number of aromatic nitrogens is 1. The van der Waals surface area contributed by atoms with E-state index in [0.29, 0.717) is 29.5 Å². The van der Waals surface area contributed by atoms with E-state index in [4.69, 9.17) is 14.7 Å². The minimum atomic E-state index is -0.231. The van der Waals surface area contributed by atoms with Gasteiger partial charge in [-0.15, -0.1) is 0 Å². The molecule has 28 heavy (non-hydrogen) atoms. The van der Waals surface area contributed by atoms with Crippen molar-refractivity contribution in [3.8, 4) is 17.7 Å². The molecule has 0 bridgehead atoms. The summed E-state index contributed by atoms with van der Waals surface area (Å²) in [7, 11) is 0. The van der Waals surface area contributed by atoms with E-state index in [0.717, 1.165) is 25.7 Å². The van der Waals surface area contributed by atoms with E-state index in [2.05, 4.69) is 15.6 Å². The van der Waals surface area contributed by atoms with Gasteiger partial charge in [-0.1, -0.05) is 12.1 Å². The lowest BCUT2D eigenvalue weighted by atomic mass is 9.93. The number of para-hydroxylation sites is 2. The van der Waals surface area contributed by atoms with Crippen molar-refractivity contribution in [3.63, 3.8) is 0 Å². The number of benzene rings is 1. The van der Waals surface area contributed by atoms with Crippen LogP contribution < -0.4 is 20.1 Å². The highest BCUT2D eigenvalue weighted by Crippen LogP contribution is 2.25. The minimum Gasteiger partial charge on any atom is -0.492 e. The third kappa shape index (κ3) is 5.36. The van der Waals surface area contributed by atoms with Crippen LogP contribution in [-0.2, 0) is 0 Å². The van der Waals surface area contributed by atoms with Gasteiger partial charge in [0.15, 0.2) is 0 Å². The Morgan fingerprint density at radius 1 is 1.21 bits per heavy atom. The summed E-state index contributed by atoms with van der Waals surface area (Å²) in [6.07, 6.45) is 4.92. The Morgan fingerprint density at radius 3 is 2.68 bits per heavy atom. The summed E-state index contributed by atoms with van der Waals surface area (Å²) in [6.45, 7) is 2.45. The van der Waals surface area contributed by atoms with E-state index in [1.807, 2.05) is 37.3 Å². The standard InChI is InChI=1S/C21H24N4O3/c1-2-27-19-6-4-3-5-18(19)25-21(26)24-16-8-10-17(11-9-16)28-20-12-7-15(13-22)14-23-20/h3-7,12,14,16-17H,2,8-11H2,1H3,(H2,24,25,26). The van der Waals surface area contributed by atoms with Gasteiger partial charge in [-0.2, -0.15) is 5.26 Å². The number of nitrogens with one attached hydrogen (secondary N) is 2. The largest absolute Gasteiger partial charge is 0.492 e. The molecule has 1 aromatic carbocycles. The lowest BCUT2D eigenvalue weighted by Crippen LogP contribution is -2.41. The summed E-state index contributed by atoms with van der Waals surface area (Å²) in [5.41, 5.74) is 1.17. The number of hydrogen-bond acceptors (Lipinski definition) is 5. The number of ether oxygens (including phenoxy) is 2. The Balaban J connectivity index is 1.45. The molecule has 146 valence electrons. The molecular weight excluding hydrogens is 356 g/mol. The first-order valence-corrected chi connectivity index (χ1v) is 9.50. The molecule has 0 aliphatic heterocycles. The number of carbonyl (C=O) groups is 1. The molecule has 0 saturated heterocycles. The molecule has 1 saturated carbocycles. The molecule has 2 aromatic rings. The molecule has 1 aliphatic carbocycles. The van der Waals surface area contributed by atoms with Crippen molar-refractivity contribution in [2.24, 2.45) is 0 Å². The summed E-state index contributed by atoms with van der Waals surface area (Å²) in [5, 5.41) is 14.7. The van der Waals surface area contributed by atoms with Gasteiger partial charge in [0.2, 0.25) is 5.88 Å². The van der Waals surface area contributed by atoms with Crippen molar-refractivity contribution in [3.05, 3.63) is 48.2 Å². The van der Waals surface area contributed by atoms with Gasteiger partial charge in [-0.05, 0) is 50.8 Å². The van der Waals surface area contributed by atoms with Crippen LogP contribution in [0.15, 0.2) is 42.6 Å². The van der Waals surface area contributed by atoms with Crippen LogP contribution in [0.3, 0.4) is 0 Å². The van der Waals surface area contributed by atoms with Crippen LogP contribution in [0.2, 0.25) is 0 Å². The molecule has 2 amide bonds. The van der Waals surface area contributed by atoms with Gasteiger partial charge in [0, 0.05) is 18.3 Å². The maximum absolute atomic E-state index is 12.3. The van der Waals surface area contributed by atoms with Crippen molar-refractivity contribution in [2.45, 2.75) is 44.8 Å². The van der Waals surface area contributed by atoms with Crippen molar-refractivity contribution in [1.29, 1.82) is 5.26 Å². The van der Waals surface area contributed by atoms with Crippen LogP contribution in [0.25, 0.3) is 0 Å². The highest BCUT2D eigenvalue weighted by molar-refractivity contribution is 5.91. The molecule has 1 heterocycles. The monoisotopic (exact) mass is 380 g/mol. The van der Waals surface area contributed by atoms with Crippen LogP contribution in [-0.4, -0.2) is 29.8 Å². The van der Waals surface area contributed by atoms with E-state index >= 15 is 0 Å². The maximum atomic E-state index is 12.3. The Bertz CT molecular complexity index is 824. The number of nitrogens with zero attached hydrogens (tertiary/aromatic N) is 2. The molecule has 7 nitrogen and oxygen atoms in total. The fourth-order valence-electron chi connectivity index (χ4n) is 3.21. The Labute approximate surface area is 164 Å². The number of hydrogen-bond donors (Lipinski definition) is 2. The van der Waals surface area contributed by atoms with Crippen molar-refractivity contribution in [2.75, 3.05) is 11.9 Å². The maximum Gasteiger partial charge on any atom is 0.319 e. The smallest absolute Gasteiger partial charge is 0.319 e. The minimum absolute atomic E-state index is 0.0697. The average Bonchev–Trinajstić information content (AvgIpc) is 2.72. The topological polar surface area (TPSA) is 96.3 Å². The number of rotatable bonds is 6. The number of amides is 2. The number of carbonyl (C=O) groups excluding carboxylic acids is 1. The van der Waals surface area contributed by atoms with Gasteiger partial charge >= 0.3 is 6.03 Å². The zero-order valence-electron chi connectivity index (χ0n) is 15.9. The summed E-state index contributed by atoms with van der Waals surface area (Å²) >= 11 is 0. The van der Waals surface area contributed by atoms with Crippen molar-refractivity contribution in [1.82, 2.24) is 10.3 Å². The van der Waals surface area contributed by atoms with Gasteiger partial charge in [-0.3, -0.25) is 0 Å². The number of pyridine rings is 1. The third-order valence-corrected chi connectivity index (χ3v) is 4.60. The molecule has 0 atom stereocenters. The van der Waals surface area contributed by atoms with Crippen LogP contribution in [0.4, 0.5) is 10.5 Å². The first-order chi connectivity index (χ1) is 13.7. The number of anilines is 1. The zero-order chi connectivity index (χ0) is 19.8. The fourth-order valence-corrected chi connectivity index (χ4v) is 3.21. The molecule has 0 radical (unpaired) electrons. The van der Waals surface area contributed by atoms with E-state index in [9.17, 15) is 4.79 Å². The molecule has 7 heteroatoms. The lowest BCUT2D eigenvalue weighted by molar-refractivity contribution is 0.135. The molecule has 3 rings (SSSR count). The second-order valence-corrected chi connectivity index (χ2v) is 6.62. The second-order valence-electron chi connectivity index (χ2n) is 6.62. The van der Waals surface area contributed by atoms with Crippen LogP contribution in [0, 0.1) is 11.3 Å². The highest BCUT2D eigenvalue weighted by atomic mass is 16.5. The van der Waals surface area contributed by atoms with Crippen LogP contribution in [0.5, 0.6) is 11.6 Å². The molecule has 0 unspecified atom stereocenters. The Morgan fingerprint density at radius 2 is 2.00 bits per heavy atom. The van der Waals surface area contributed by atoms with Gasteiger partial charge in [0.1, 0.15) is 17.9 Å². The first kappa shape index (κ1) is 19.5. The summed E-state index contributed by atoms with van der Waals surface area (Å²) < 4.78 is 11.4. The SMILES string of the molecule is CCOc1ccccc1NC(=O)NC1CCC(Oc2ccc(C#N)cn2)CC1. The van der Waals surface area contributed by atoms with E-state index in [1.165, 1.54) is 6.20 Å². The number of nitriles is 1. The predicted octanol–water partition coefficient (Wildman–Crippen LogP) is 3.86. The molecule has 2 N–H and O–H groups in total. The van der Waals surface area contributed by atoms with E-state index < -0.39 is 0 Å². The lowest BCUT2D eigenvalue weighted by Gasteiger charge is -2.29. The van der Waals surface area contributed by atoms with Gasteiger partial charge in [0.25, 0.3) is 0 Å². The third-order valence-electron chi connectivity index (χ3n) is 4.60. The van der Waals surface area contributed by atoms with Gasteiger partial charge in [0.05, 0.1) is 17.9 Å². The highest BCUT2D eigenvalue weighted by Gasteiger charge is 2.24. The molecular formula is C21H24N4O3. The van der Waals surface area contributed by atoms with Gasteiger partial charge < -0.3 is 20.1 Å². The van der Waals surface area contributed by atoms with Crippen molar-refractivity contribution < 1.29 is 14.3 Å². The number of urea groups is 1. The fraction of sp³-hybridized carbons (Fsp3) is 0.381. The molecule has 1 fully saturated rings. The van der Waals surface area contributed by atoms with E-state index in [-0.39, 0.29) is 18.2 Å². The average molecular weight is 380 g/mol. The van der Waals surface area contributed by atoms with Gasteiger partial charge in [-0.25, -0.2) is 9.78 Å². The molecule has 0 spiro atoms. The van der Waals surface area contributed by atoms with Crippen LogP contribution >= 0.6 is 0 Å².